The molecule has 6 nitrogen and oxygen atoms in total. The Morgan fingerprint density at radius 1 is 1.14 bits per heavy atom. The number of nitrogens with two attached hydrogens (primary N) is 1. The van der Waals surface area contributed by atoms with Crippen LogP contribution in [0.5, 0.6) is 0 Å². The van der Waals surface area contributed by atoms with Crippen molar-refractivity contribution >= 4 is 15.7 Å². The largest absolute Gasteiger partial charge is 0.370 e. The first kappa shape index (κ1) is 16.2. The molecule has 0 unspecified atom stereocenters. The molecule has 0 bridgehead atoms. The molecule has 2 rings (SSSR count). The molecule has 1 aliphatic heterocycles. The Morgan fingerprint density at radius 3 is 2.48 bits per heavy atom. The fourth-order valence-corrected chi connectivity index (χ4v) is 3.32. The highest BCUT2D eigenvalue weighted by Crippen LogP contribution is 2.19. The van der Waals surface area contributed by atoms with E-state index in [0.29, 0.717) is 11.4 Å². The minimum Gasteiger partial charge on any atom is -0.370 e. The van der Waals surface area contributed by atoms with Crippen LogP contribution in [0, 0.1) is 0 Å². The summed E-state index contributed by atoms with van der Waals surface area (Å²) in [7, 11) is -1.94. The average Bonchev–Trinajstić information content (AvgIpc) is 2.73. The first-order chi connectivity index (χ1) is 10.1. The maximum absolute atomic E-state index is 11.7. The Bertz CT molecular complexity index is 545. The summed E-state index contributed by atoms with van der Waals surface area (Å²) in [6.45, 7) is 5.62. The van der Waals surface area contributed by atoms with Gasteiger partial charge in [0.1, 0.15) is 0 Å². The number of anilines is 1. The topological polar surface area (TPSA) is 78.7 Å². The van der Waals surface area contributed by atoms with Crippen LogP contribution in [0.2, 0.25) is 0 Å². The van der Waals surface area contributed by atoms with Crippen molar-refractivity contribution < 1.29 is 8.42 Å². The number of rotatable bonds is 5. The molecule has 1 heterocycles. The lowest BCUT2D eigenvalue weighted by Gasteiger charge is -2.23. The van der Waals surface area contributed by atoms with Crippen molar-refractivity contribution in [1.29, 1.82) is 0 Å². The van der Waals surface area contributed by atoms with Crippen LogP contribution in [0.4, 0.5) is 5.69 Å². The van der Waals surface area contributed by atoms with Crippen molar-refractivity contribution in [2.75, 3.05) is 51.2 Å². The highest BCUT2D eigenvalue weighted by atomic mass is 32.2. The van der Waals surface area contributed by atoms with Crippen molar-refractivity contribution in [2.24, 2.45) is 5.73 Å². The van der Waals surface area contributed by atoms with Gasteiger partial charge in [-0.15, -0.1) is 0 Å². The number of benzene rings is 1. The standard InChI is InChI=1S/C14H24N4O2S/c1-16-21(19,20)14-5-3-13(4-6-14)18-9-2-8-17(10-7-15)11-12-18/h3-6,16H,2,7-12,15H2,1H3. The van der Waals surface area contributed by atoms with Crippen LogP contribution in [0.3, 0.4) is 0 Å². The zero-order chi connectivity index (χ0) is 15.3. The van der Waals surface area contributed by atoms with Crippen molar-refractivity contribution in [2.45, 2.75) is 11.3 Å². The molecule has 0 amide bonds. The van der Waals surface area contributed by atoms with Gasteiger partial charge in [0.15, 0.2) is 0 Å². The SMILES string of the molecule is CNS(=O)(=O)c1ccc(N2CCCN(CCN)CC2)cc1. The lowest BCUT2D eigenvalue weighted by molar-refractivity contribution is 0.302. The molecule has 0 saturated carbocycles. The van der Waals surface area contributed by atoms with E-state index in [1.54, 1.807) is 12.1 Å². The van der Waals surface area contributed by atoms with Gasteiger partial charge in [0.25, 0.3) is 0 Å². The number of nitrogens with one attached hydrogen (secondary N) is 1. The molecular formula is C14H24N4O2S. The molecule has 1 aliphatic rings. The summed E-state index contributed by atoms with van der Waals surface area (Å²) in [6.07, 6.45) is 1.09. The van der Waals surface area contributed by atoms with E-state index in [1.807, 2.05) is 12.1 Å². The molecule has 1 aromatic carbocycles. The third kappa shape index (κ3) is 4.16. The van der Waals surface area contributed by atoms with E-state index in [4.69, 9.17) is 5.73 Å². The Morgan fingerprint density at radius 2 is 1.86 bits per heavy atom. The third-order valence-corrected chi connectivity index (χ3v) is 5.24. The minimum atomic E-state index is -3.36. The number of nitrogens with zero attached hydrogens (tertiary/aromatic N) is 2. The van der Waals surface area contributed by atoms with Gasteiger partial charge in [0, 0.05) is 38.4 Å². The van der Waals surface area contributed by atoms with Gasteiger partial charge >= 0.3 is 0 Å². The zero-order valence-electron chi connectivity index (χ0n) is 12.5. The first-order valence-corrected chi connectivity index (χ1v) is 8.76. The van der Waals surface area contributed by atoms with Crippen LogP contribution >= 0.6 is 0 Å². The van der Waals surface area contributed by atoms with Crippen LogP contribution in [0.15, 0.2) is 29.2 Å². The monoisotopic (exact) mass is 312 g/mol. The second-order valence-corrected chi connectivity index (χ2v) is 7.06. The van der Waals surface area contributed by atoms with Crippen LogP contribution in [-0.2, 0) is 10.0 Å². The molecule has 1 aromatic rings. The molecule has 1 saturated heterocycles. The quantitative estimate of drug-likeness (QED) is 0.804. The number of hydrogen-bond donors (Lipinski definition) is 2. The Balaban J connectivity index is 2.05. The highest BCUT2D eigenvalue weighted by molar-refractivity contribution is 7.89. The van der Waals surface area contributed by atoms with Crippen molar-refractivity contribution in [3.05, 3.63) is 24.3 Å². The van der Waals surface area contributed by atoms with Gasteiger partial charge in [0.2, 0.25) is 10.0 Å². The van der Waals surface area contributed by atoms with Crippen molar-refractivity contribution in [3.63, 3.8) is 0 Å². The predicted molar refractivity (Wildman–Crippen MR) is 85.0 cm³/mol. The van der Waals surface area contributed by atoms with E-state index in [-0.39, 0.29) is 0 Å². The summed E-state index contributed by atoms with van der Waals surface area (Å²) in [6, 6.07) is 7.07. The summed E-state index contributed by atoms with van der Waals surface area (Å²) >= 11 is 0. The Labute approximate surface area is 127 Å². The maximum Gasteiger partial charge on any atom is 0.240 e. The van der Waals surface area contributed by atoms with Gasteiger partial charge in [-0.1, -0.05) is 0 Å². The molecule has 0 radical (unpaired) electrons. The smallest absolute Gasteiger partial charge is 0.240 e. The van der Waals surface area contributed by atoms with E-state index < -0.39 is 10.0 Å². The normalized spacial score (nSPS) is 17.7. The molecule has 1 fully saturated rings. The number of sulfonamides is 1. The first-order valence-electron chi connectivity index (χ1n) is 7.28. The average molecular weight is 312 g/mol. The molecule has 7 heteroatoms. The number of hydrogen-bond acceptors (Lipinski definition) is 5. The molecule has 118 valence electrons. The van der Waals surface area contributed by atoms with Crippen LogP contribution in [0.1, 0.15) is 6.42 Å². The molecular weight excluding hydrogens is 288 g/mol. The van der Waals surface area contributed by atoms with Gasteiger partial charge in [0.05, 0.1) is 4.90 Å². The maximum atomic E-state index is 11.7. The lowest BCUT2D eigenvalue weighted by Crippen LogP contribution is -2.33. The summed E-state index contributed by atoms with van der Waals surface area (Å²) in [5.41, 5.74) is 6.68. The second-order valence-electron chi connectivity index (χ2n) is 5.17. The van der Waals surface area contributed by atoms with Gasteiger partial charge in [-0.2, -0.15) is 0 Å². The van der Waals surface area contributed by atoms with E-state index >= 15 is 0 Å². The van der Waals surface area contributed by atoms with Crippen LogP contribution in [0.25, 0.3) is 0 Å². The van der Waals surface area contributed by atoms with E-state index in [9.17, 15) is 8.42 Å². The lowest BCUT2D eigenvalue weighted by atomic mass is 10.2. The van der Waals surface area contributed by atoms with Crippen LogP contribution < -0.4 is 15.4 Å². The van der Waals surface area contributed by atoms with E-state index in [1.165, 1.54) is 7.05 Å². The second kappa shape index (κ2) is 7.22. The molecule has 3 N–H and O–H groups in total. The van der Waals surface area contributed by atoms with Crippen molar-refractivity contribution in [3.8, 4) is 0 Å². The molecule has 0 aliphatic carbocycles. The summed E-state index contributed by atoms with van der Waals surface area (Å²) in [5, 5.41) is 0. The Kier molecular flexibility index (Phi) is 5.58. The molecule has 0 atom stereocenters. The minimum absolute atomic E-state index is 0.299. The van der Waals surface area contributed by atoms with Gasteiger partial charge in [-0.25, -0.2) is 13.1 Å². The fourth-order valence-electron chi connectivity index (χ4n) is 2.59. The molecule has 21 heavy (non-hydrogen) atoms. The van der Waals surface area contributed by atoms with Gasteiger partial charge < -0.3 is 15.5 Å². The van der Waals surface area contributed by atoms with E-state index in [2.05, 4.69) is 14.5 Å². The molecule has 0 spiro atoms. The fraction of sp³-hybridized carbons (Fsp3) is 0.571. The van der Waals surface area contributed by atoms with Gasteiger partial charge in [-0.05, 0) is 44.3 Å². The summed E-state index contributed by atoms with van der Waals surface area (Å²) < 4.78 is 25.8. The summed E-state index contributed by atoms with van der Waals surface area (Å²) in [5.74, 6) is 0. The highest BCUT2D eigenvalue weighted by Gasteiger charge is 2.16. The van der Waals surface area contributed by atoms with Gasteiger partial charge in [-0.3, -0.25) is 0 Å². The van der Waals surface area contributed by atoms with Crippen molar-refractivity contribution in [1.82, 2.24) is 9.62 Å². The zero-order valence-corrected chi connectivity index (χ0v) is 13.3. The predicted octanol–water partition coefficient (Wildman–Crippen LogP) is 0.0655. The Hall–Kier alpha value is -1.15. The third-order valence-electron chi connectivity index (χ3n) is 3.81. The molecule has 0 aromatic heterocycles. The summed E-state index contributed by atoms with van der Waals surface area (Å²) in [4.78, 5) is 4.97. The van der Waals surface area contributed by atoms with Crippen LogP contribution in [-0.4, -0.2) is 59.6 Å². The van der Waals surface area contributed by atoms with E-state index in [0.717, 1.165) is 44.8 Å².